The molecular weight excluding hydrogens is 256 g/mol. The number of urea groups is 1. The second-order valence-corrected chi connectivity index (χ2v) is 6.49. The summed E-state index contributed by atoms with van der Waals surface area (Å²) in [6.07, 6.45) is 6.96. The van der Waals surface area contributed by atoms with Crippen molar-refractivity contribution in [1.29, 1.82) is 0 Å². The third-order valence-corrected chi connectivity index (χ3v) is 4.51. The van der Waals surface area contributed by atoms with Crippen LogP contribution in [0.4, 0.5) is 4.79 Å². The van der Waals surface area contributed by atoms with Gasteiger partial charge in [0.25, 0.3) is 0 Å². The summed E-state index contributed by atoms with van der Waals surface area (Å²) in [4.78, 5) is 22.6. The van der Waals surface area contributed by atoms with E-state index in [-0.39, 0.29) is 18.0 Å². The zero-order chi connectivity index (χ0) is 14.5. The monoisotopic (exact) mass is 282 g/mol. The van der Waals surface area contributed by atoms with E-state index in [2.05, 4.69) is 17.6 Å². The van der Waals surface area contributed by atoms with Crippen molar-refractivity contribution < 1.29 is 14.7 Å². The lowest BCUT2D eigenvalue weighted by molar-refractivity contribution is -0.143. The maximum absolute atomic E-state index is 11.8. The molecule has 0 spiro atoms. The minimum absolute atomic E-state index is 0.0847. The Morgan fingerprint density at radius 2 is 1.70 bits per heavy atom. The van der Waals surface area contributed by atoms with Crippen LogP contribution in [-0.2, 0) is 4.79 Å². The molecule has 2 aliphatic rings. The number of rotatable bonds is 6. The fraction of sp³-hybridized carbons (Fsp3) is 0.867. The number of carboxylic acid groups (broad SMARTS) is 1. The number of hydrogen-bond donors (Lipinski definition) is 3. The van der Waals surface area contributed by atoms with E-state index in [0.717, 1.165) is 38.0 Å². The van der Waals surface area contributed by atoms with Crippen LogP contribution >= 0.6 is 0 Å². The van der Waals surface area contributed by atoms with Crippen LogP contribution in [-0.4, -0.2) is 29.7 Å². The molecule has 2 rings (SSSR count). The zero-order valence-electron chi connectivity index (χ0n) is 12.2. The van der Waals surface area contributed by atoms with Crippen molar-refractivity contribution in [3.05, 3.63) is 0 Å². The van der Waals surface area contributed by atoms with Crippen LogP contribution in [0.15, 0.2) is 0 Å². The maximum Gasteiger partial charge on any atom is 0.315 e. The minimum atomic E-state index is -0.678. The van der Waals surface area contributed by atoms with Gasteiger partial charge in [0.15, 0.2) is 0 Å². The lowest BCUT2D eigenvalue weighted by Crippen LogP contribution is -2.43. The van der Waals surface area contributed by atoms with Gasteiger partial charge in [0, 0.05) is 12.6 Å². The highest BCUT2D eigenvalue weighted by molar-refractivity contribution is 5.74. The number of nitrogens with one attached hydrogen (secondary N) is 2. The molecule has 0 aromatic heterocycles. The summed E-state index contributed by atoms with van der Waals surface area (Å²) in [5, 5.41) is 14.8. The average molecular weight is 282 g/mol. The predicted molar refractivity (Wildman–Crippen MR) is 76.4 cm³/mol. The van der Waals surface area contributed by atoms with E-state index < -0.39 is 5.97 Å². The Bertz CT molecular complexity index is 347. The highest BCUT2D eigenvalue weighted by atomic mass is 16.4. The normalized spacial score (nSPS) is 27.6. The molecule has 0 heterocycles. The van der Waals surface area contributed by atoms with Gasteiger partial charge in [0.05, 0.1) is 5.92 Å². The van der Waals surface area contributed by atoms with E-state index in [4.69, 9.17) is 5.11 Å². The van der Waals surface area contributed by atoms with E-state index in [1.54, 1.807) is 0 Å². The lowest BCUT2D eigenvalue weighted by atomic mass is 9.82. The van der Waals surface area contributed by atoms with Gasteiger partial charge in [-0.15, -0.1) is 0 Å². The summed E-state index contributed by atoms with van der Waals surface area (Å²) in [5.74, 6) is 0.383. The molecule has 1 unspecified atom stereocenters. The molecule has 114 valence electrons. The largest absolute Gasteiger partial charge is 0.481 e. The summed E-state index contributed by atoms with van der Waals surface area (Å²) >= 11 is 0. The van der Waals surface area contributed by atoms with Gasteiger partial charge in [0.2, 0.25) is 0 Å². The second kappa shape index (κ2) is 6.95. The molecule has 0 aromatic carbocycles. The molecular formula is C15H26N2O3. The van der Waals surface area contributed by atoms with Gasteiger partial charge in [-0.25, -0.2) is 4.79 Å². The molecule has 2 aliphatic carbocycles. The Morgan fingerprint density at radius 1 is 1.10 bits per heavy atom. The van der Waals surface area contributed by atoms with Crippen LogP contribution in [0.2, 0.25) is 0 Å². The maximum atomic E-state index is 11.8. The molecule has 5 heteroatoms. The molecule has 20 heavy (non-hydrogen) atoms. The van der Waals surface area contributed by atoms with Crippen LogP contribution in [0.1, 0.15) is 51.9 Å². The summed E-state index contributed by atoms with van der Waals surface area (Å²) in [6.45, 7) is 2.71. The van der Waals surface area contributed by atoms with Crippen molar-refractivity contribution in [2.75, 3.05) is 6.54 Å². The third kappa shape index (κ3) is 5.02. The molecule has 0 bridgehead atoms. The topological polar surface area (TPSA) is 78.4 Å². The minimum Gasteiger partial charge on any atom is -0.481 e. The van der Waals surface area contributed by atoms with Crippen molar-refractivity contribution in [2.24, 2.45) is 17.8 Å². The summed E-state index contributed by atoms with van der Waals surface area (Å²) < 4.78 is 0. The summed E-state index contributed by atoms with van der Waals surface area (Å²) in [6, 6.07) is 0.156. The predicted octanol–water partition coefficient (Wildman–Crippen LogP) is 2.37. The number of aliphatic carboxylic acids is 1. The molecule has 2 fully saturated rings. The first kappa shape index (κ1) is 15.1. The van der Waals surface area contributed by atoms with Crippen LogP contribution in [0.3, 0.4) is 0 Å². The standard InChI is InChI=1S/C15H26N2O3/c1-10(8-11-2-3-11)17-15(20)16-9-12-4-6-13(7-5-12)14(18)19/h10-13H,2-9H2,1H3,(H,18,19)(H2,16,17,20). The molecule has 2 saturated carbocycles. The first-order chi connectivity index (χ1) is 9.54. The molecule has 0 aliphatic heterocycles. The number of carbonyl (C=O) groups excluding carboxylic acids is 1. The number of carbonyl (C=O) groups is 2. The van der Waals surface area contributed by atoms with Gasteiger partial charge < -0.3 is 15.7 Å². The molecule has 3 N–H and O–H groups in total. The van der Waals surface area contributed by atoms with Crippen molar-refractivity contribution in [3.8, 4) is 0 Å². The van der Waals surface area contributed by atoms with Crippen molar-refractivity contribution >= 4 is 12.0 Å². The van der Waals surface area contributed by atoms with E-state index >= 15 is 0 Å². The van der Waals surface area contributed by atoms with Crippen LogP contribution in [0.25, 0.3) is 0 Å². The van der Waals surface area contributed by atoms with Gasteiger partial charge in [-0.05, 0) is 50.9 Å². The van der Waals surface area contributed by atoms with Gasteiger partial charge in [-0.1, -0.05) is 12.8 Å². The van der Waals surface area contributed by atoms with Crippen LogP contribution in [0, 0.1) is 17.8 Å². The van der Waals surface area contributed by atoms with E-state index in [1.807, 2.05) is 0 Å². The van der Waals surface area contributed by atoms with Crippen molar-refractivity contribution in [1.82, 2.24) is 10.6 Å². The molecule has 0 radical (unpaired) electrons. The van der Waals surface area contributed by atoms with Gasteiger partial charge in [-0.3, -0.25) is 4.79 Å². The van der Waals surface area contributed by atoms with E-state index in [9.17, 15) is 9.59 Å². The second-order valence-electron chi connectivity index (χ2n) is 6.49. The quantitative estimate of drug-likeness (QED) is 0.700. The Hall–Kier alpha value is -1.26. The fourth-order valence-electron chi connectivity index (χ4n) is 3.04. The Labute approximate surface area is 120 Å². The van der Waals surface area contributed by atoms with Gasteiger partial charge >= 0.3 is 12.0 Å². The molecule has 5 nitrogen and oxygen atoms in total. The first-order valence-corrected chi connectivity index (χ1v) is 7.81. The third-order valence-electron chi connectivity index (χ3n) is 4.51. The molecule has 0 saturated heterocycles. The van der Waals surface area contributed by atoms with Crippen LogP contribution in [0.5, 0.6) is 0 Å². The highest BCUT2D eigenvalue weighted by Gasteiger charge is 2.26. The number of hydrogen-bond acceptors (Lipinski definition) is 2. The number of carboxylic acids is 1. The average Bonchev–Trinajstić information content (AvgIpc) is 3.20. The van der Waals surface area contributed by atoms with Crippen molar-refractivity contribution in [2.45, 2.75) is 57.9 Å². The Morgan fingerprint density at radius 3 is 2.25 bits per heavy atom. The zero-order valence-corrected chi connectivity index (χ0v) is 12.2. The first-order valence-electron chi connectivity index (χ1n) is 7.81. The fourth-order valence-corrected chi connectivity index (χ4v) is 3.04. The Balaban J connectivity index is 1.57. The summed E-state index contributed by atoms with van der Waals surface area (Å²) in [7, 11) is 0. The SMILES string of the molecule is CC(CC1CC1)NC(=O)NCC1CCC(C(=O)O)CC1. The summed E-state index contributed by atoms with van der Waals surface area (Å²) in [5.41, 5.74) is 0. The highest BCUT2D eigenvalue weighted by Crippen LogP contribution is 2.33. The van der Waals surface area contributed by atoms with Crippen molar-refractivity contribution in [3.63, 3.8) is 0 Å². The molecule has 2 amide bonds. The number of amides is 2. The molecule has 1 atom stereocenters. The van der Waals surface area contributed by atoms with Gasteiger partial charge in [0.1, 0.15) is 0 Å². The van der Waals surface area contributed by atoms with E-state index in [0.29, 0.717) is 12.5 Å². The van der Waals surface area contributed by atoms with E-state index in [1.165, 1.54) is 12.8 Å². The Kier molecular flexibility index (Phi) is 5.26. The molecule has 0 aromatic rings. The smallest absolute Gasteiger partial charge is 0.315 e. The lowest BCUT2D eigenvalue weighted by Gasteiger charge is -2.26. The van der Waals surface area contributed by atoms with Gasteiger partial charge in [-0.2, -0.15) is 0 Å². The van der Waals surface area contributed by atoms with Crippen LogP contribution < -0.4 is 10.6 Å².